The third kappa shape index (κ3) is 4.41. The van der Waals surface area contributed by atoms with Crippen LogP contribution in [0.5, 0.6) is 0 Å². The number of aryl methyl sites for hydroxylation is 1. The van der Waals surface area contributed by atoms with Gasteiger partial charge in [-0.1, -0.05) is 56.3 Å². The number of carbonyl (C=O) groups is 1. The zero-order valence-electron chi connectivity index (χ0n) is 16.5. The van der Waals surface area contributed by atoms with Gasteiger partial charge >= 0.3 is 0 Å². The number of hydrogen-bond acceptors (Lipinski definition) is 2. The maximum atomic E-state index is 14.0. The molecule has 0 radical (unpaired) electrons. The fourth-order valence-corrected chi connectivity index (χ4v) is 4.25. The number of rotatable bonds is 7. The second-order valence-electron chi connectivity index (χ2n) is 7.87. The van der Waals surface area contributed by atoms with E-state index in [1.807, 2.05) is 43.3 Å². The summed E-state index contributed by atoms with van der Waals surface area (Å²) in [5, 5.41) is 0.734. The highest BCUT2D eigenvalue weighted by Gasteiger charge is 2.36. The number of hydrogen-bond donors (Lipinski definition) is 0. The van der Waals surface area contributed by atoms with E-state index in [1.165, 1.54) is 6.07 Å². The van der Waals surface area contributed by atoms with Gasteiger partial charge in [-0.3, -0.25) is 9.78 Å². The molecule has 2 nitrogen and oxygen atoms in total. The lowest BCUT2D eigenvalue weighted by Gasteiger charge is -2.28. The van der Waals surface area contributed by atoms with E-state index in [-0.39, 0.29) is 23.9 Å². The predicted molar refractivity (Wildman–Crippen MR) is 113 cm³/mol. The number of carbonyl (C=O) groups excluding carboxylic acids is 1. The smallest absolute Gasteiger partial charge is 0.158 e. The van der Waals surface area contributed by atoms with E-state index < -0.39 is 4.87 Å². The molecule has 146 valence electrons. The Kier molecular flexibility index (Phi) is 6.14. The van der Waals surface area contributed by atoms with Gasteiger partial charge in [0.05, 0.1) is 0 Å². The summed E-state index contributed by atoms with van der Waals surface area (Å²) in [6.07, 6.45) is 2.88. The minimum Gasteiger partial charge on any atom is -0.297 e. The summed E-state index contributed by atoms with van der Waals surface area (Å²) in [5.74, 6) is -0.0866. The first kappa shape index (κ1) is 20.5. The Hall–Kier alpha value is -2.26. The first-order valence-electron chi connectivity index (χ1n) is 9.59. The normalized spacial score (nSPS) is 13.6. The highest BCUT2D eigenvalue weighted by molar-refractivity contribution is 6.35. The van der Waals surface area contributed by atoms with Crippen LogP contribution in [0.2, 0.25) is 0 Å². The summed E-state index contributed by atoms with van der Waals surface area (Å²) in [6.45, 7) is 6.05. The van der Waals surface area contributed by atoms with Crippen molar-refractivity contribution in [2.24, 2.45) is 5.92 Å². The standard InChI is InChI=1S/C24H25ClFNO/c1-16(2)13-24(25,14-18-8-5-4-6-9-18)22(28)12-19-15-27-23-20(17(19)3)10-7-11-21(23)26/h4-11,15-16H,12-14H2,1-3H3/t24-/m0/s1. The highest BCUT2D eigenvalue weighted by Crippen LogP contribution is 2.32. The molecule has 3 rings (SSSR count). The number of aromatic nitrogens is 1. The van der Waals surface area contributed by atoms with Crippen LogP contribution in [0, 0.1) is 18.7 Å². The zero-order chi connectivity index (χ0) is 20.3. The van der Waals surface area contributed by atoms with E-state index in [2.05, 4.69) is 18.8 Å². The molecule has 0 aliphatic carbocycles. The molecule has 3 aromatic rings. The van der Waals surface area contributed by atoms with E-state index in [1.54, 1.807) is 12.3 Å². The van der Waals surface area contributed by atoms with Gasteiger partial charge in [0.15, 0.2) is 5.78 Å². The minimum atomic E-state index is -0.973. The first-order valence-corrected chi connectivity index (χ1v) is 9.97. The molecule has 2 aromatic carbocycles. The van der Waals surface area contributed by atoms with Crippen LogP contribution in [-0.4, -0.2) is 15.6 Å². The van der Waals surface area contributed by atoms with Crippen molar-refractivity contribution in [2.45, 2.75) is 44.9 Å². The summed E-state index contributed by atoms with van der Waals surface area (Å²) < 4.78 is 14.0. The Morgan fingerprint density at radius 3 is 2.54 bits per heavy atom. The van der Waals surface area contributed by atoms with E-state index >= 15 is 0 Å². The maximum absolute atomic E-state index is 14.0. The van der Waals surface area contributed by atoms with Gasteiger partial charge in [0.1, 0.15) is 16.2 Å². The number of nitrogens with zero attached hydrogens (tertiary/aromatic N) is 1. The minimum absolute atomic E-state index is 0.0210. The van der Waals surface area contributed by atoms with Crippen molar-refractivity contribution in [3.05, 3.63) is 77.2 Å². The summed E-state index contributed by atoms with van der Waals surface area (Å²) >= 11 is 6.94. The zero-order valence-corrected chi connectivity index (χ0v) is 17.3. The monoisotopic (exact) mass is 397 g/mol. The van der Waals surface area contributed by atoms with Crippen molar-refractivity contribution in [1.29, 1.82) is 0 Å². The van der Waals surface area contributed by atoms with E-state index in [0.29, 0.717) is 18.4 Å². The van der Waals surface area contributed by atoms with Crippen molar-refractivity contribution >= 4 is 28.3 Å². The molecule has 0 unspecified atom stereocenters. The van der Waals surface area contributed by atoms with E-state index in [9.17, 15) is 9.18 Å². The molecule has 0 saturated heterocycles. The number of pyridine rings is 1. The van der Waals surface area contributed by atoms with Gasteiger partial charge in [-0.25, -0.2) is 4.39 Å². The van der Waals surface area contributed by atoms with Gasteiger partial charge in [0, 0.05) is 18.0 Å². The number of ketones is 1. The fourth-order valence-electron chi connectivity index (χ4n) is 3.72. The lowest BCUT2D eigenvalue weighted by molar-refractivity contribution is -0.121. The molecule has 1 aromatic heterocycles. The number of benzene rings is 2. The Morgan fingerprint density at radius 1 is 1.14 bits per heavy atom. The summed E-state index contributed by atoms with van der Waals surface area (Å²) in [4.78, 5) is 16.6. The lowest BCUT2D eigenvalue weighted by atomic mass is 9.84. The number of halogens is 2. The van der Waals surface area contributed by atoms with Crippen LogP contribution in [0.3, 0.4) is 0 Å². The van der Waals surface area contributed by atoms with Crippen LogP contribution in [0.1, 0.15) is 37.0 Å². The van der Waals surface area contributed by atoms with Crippen molar-refractivity contribution in [2.75, 3.05) is 0 Å². The van der Waals surface area contributed by atoms with E-state index in [0.717, 1.165) is 22.1 Å². The quantitative estimate of drug-likeness (QED) is 0.453. The number of fused-ring (bicyclic) bond motifs is 1. The molecule has 0 fully saturated rings. The first-order chi connectivity index (χ1) is 13.3. The average molecular weight is 398 g/mol. The molecule has 0 spiro atoms. The highest BCUT2D eigenvalue weighted by atomic mass is 35.5. The van der Waals surface area contributed by atoms with Crippen molar-refractivity contribution in [3.63, 3.8) is 0 Å². The van der Waals surface area contributed by atoms with Crippen molar-refractivity contribution in [3.8, 4) is 0 Å². The van der Waals surface area contributed by atoms with Crippen LogP contribution in [0.25, 0.3) is 10.9 Å². The summed E-state index contributed by atoms with van der Waals surface area (Å²) in [6, 6.07) is 14.8. The van der Waals surface area contributed by atoms with Crippen LogP contribution in [-0.2, 0) is 17.6 Å². The topological polar surface area (TPSA) is 30.0 Å². The molecular weight excluding hydrogens is 373 g/mol. The Labute approximate surface area is 170 Å². The van der Waals surface area contributed by atoms with Crippen LogP contribution in [0.15, 0.2) is 54.7 Å². The third-order valence-electron chi connectivity index (χ3n) is 5.13. The molecule has 1 atom stereocenters. The Bertz CT molecular complexity index is 987. The van der Waals surface area contributed by atoms with Crippen molar-refractivity contribution < 1.29 is 9.18 Å². The molecule has 1 heterocycles. The van der Waals surface area contributed by atoms with Gasteiger partial charge in [0.2, 0.25) is 0 Å². The van der Waals surface area contributed by atoms with Gasteiger partial charge in [-0.2, -0.15) is 0 Å². The molecule has 28 heavy (non-hydrogen) atoms. The Morgan fingerprint density at radius 2 is 1.86 bits per heavy atom. The van der Waals surface area contributed by atoms with Gasteiger partial charge in [0.25, 0.3) is 0 Å². The molecule has 0 amide bonds. The van der Waals surface area contributed by atoms with Gasteiger partial charge in [-0.05, 0) is 48.4 Å². The maximum Gasteiger partial charge on any atom is 0.158 e. The predicted octanol–water partition coefficient (Wildman–Crippen LogP) is 6.06. The average Bonchev–Trinajstić information content (AvgIpc) is 2.64. The molecule has 0 aliphatic rings. The van der Waals surface area contributed by atoms with Crippen LogP contribution < -0.4 is 0 Å². The molecular formula is C24H25ClFNO. The Balaban J connectivity index is 1.91. The van der Waals surface area contributed by atoms with Crippen LogP contribution in [0.4, 0.5) is 4.39 Å². The van der Waals surface area contributed by atoms with Gasteiger partial charge < -0.3 is 0 Å². The van der Waals surface area contributed by atoms with Crippen molar-refractivity contribution in [1.82, 2.24) is 4.98 Å². The molecule has 4 heteroatoms. The second-order valence-corrected chi connectivity index (χ2v) is 8.59. The number of para-hydroxylation sites is 1. The largest absolute Gasteiger partial charge is 0.297 e. The second kappa shape index (κ2) is 8.40. The fraction of sp³-hybridized carbons (Fsp3) is 0.333. The number of Topliss-reactive ketones (excluding diaryl/α,β-unsaturated/α-hetero) is 1. The molecule has 0 bridgehead atoms. The SMILES string of the molecule is Cc1c(CC(=O)[C@@](Cl)(Cc2ccccc2)CC(C)C)cnc2c(F)cccc12. The lowest BCUT2D eigenvalue weighted by Crippen LogP contribution is -2.38. The summed E-state index contributed by atoms with van der Waals surface area (Å²) in [5.41, 5.74) is 3.05. The molecule has 0 aliphatic heterocycles. The number of alkyl halides is 1. The molecule has 0 saturated carbocycles. The molecule has 0 N–H and O–H groups in total. The van der Waals surface area contributed by atoms with Crippen LogP contribution >= 0.6 is 11.6 Å². The third-order valence-corrected chi connectivity index (χ3v) is 5.63. The van der Waals surface area contributed by atoms with Gasteiger partial charge in [-0.15, -0.1) is 11.6 Å². The summed E-state index contributed by atoms with van der Waals surface area (Å²) in [7, 11) is 0. The van der Waals surface area contributed by atoms with E-state index in [4.69, 9.17) is 11.6 Å².